The lowest BCUT2D eigenvalue weighted by molar-refractivity contribution is 0.170. The highest BCUT2D eigenvalue weighted by Gasteiger charge is 2.37. The summed E-state index contributed by atoms with van der Waals surface area (Å²) in [5.74, 6) is 3.51. The molecule has 5 rings (SSSR count). The number of likely N-dealkylation sites (N-methyl/N-ethyl adjacent to an activating group) is 1. The lowest BCUT2D eigenvalue weighted by atomic mass is 9.90. The molecule has 0 unspecified atom stereocenters. The van der Waals surface area contributed by atoms with Gasteiger partial charge < -0.3 is 18.9 Å². The Morgan fingerprint density at radius 1 is 1.10 bits per heavy atom. The first-order valence-electron chi connectivity index (χ1n) is 9.33. The molecular weight excluding hydrogens is 374 g/mol. The monoisotopic (exact) mass is 395 g/mol. The van der Waals surface area contributed by atoms with Crippen molar-refractivity contribution in [2.75, 3.05) is 34.6 Å². The zero-order valence-electron chi connectivity index (χ0n) is 16.5. The van der Waals surface area contributed by atoms with Gasteiger partial charge in [-0.05, 0) is 59.8 Å². The molecular formula is C20H21N5O4. The maximum Gasteiger partial charge on any atom is 0.231 e. The summed E-state index contributed by atoms with van der Waals surface area (Å²) in [6.45, 7) is 1.05. The van der Waals surface area contributed by atoms with Gasteiger partial charge in [0, 0.05) is 12.1 Å². The van der Waals surface area contributed by atoms with E-state index in [9.17, 15) is 0 Å². The predicted molar refractivity (Wildman–Crippen MR) is 103 cm³/mol. The number of hydrogen-bond acceptors (Lipinski definition) is 8. The summed E-state index contributed by atoms with van der Waals surface area (Å²) >= 11 is 0. The van der Waals surface area contributed by atoms with E-state index in [1.807, 2.05) is 30.3 Å². The Hall–Kier alpha value is -3.33. The van der Waals surface area contributed by atoms with Gasteiger partial charge in [0.1, 0.15) is 11.8 Å². The number of hydrogen-bond donors (Lipinski definition) is 0. The van der Waals surface area contributed by atoms with Crippen LogP contribution in [0.25, 0.3) is 5.69 Å². The average molecular weight is 395 g/mol. The number of ether oxygens (including phenoxy) is 4. The standard InChI is InChI=1S/C20H21N5O4/c1-24-9-8-12-10-15-18(29-11-28-15)19(27-3)16(12)17(24)20-21-22-23-25(20)13-4-6-14(26-2)7-5-13/h4-7,10,17H,8-9,11H2,1-3H3/t17-/m0/s1. The van der Waals surface area contributed by atoms with Crippen molar-refractivity contribution >= 4 is 0 Å². The summed E-state index contributed by atoms with van der Waals surface area (Å²) in [4.78, 5) is 2.22. The second kappa shape index (κ2) is 6.93. The van der Waals surface area contributed by atoms with Crippen LogP contribution in [-0.2, 0) is 6.42 Å². The Kier molecular flexibility index (Phi) is 4.24. The zero-order valence-corrected chi connectivity index (χ0v) is 16.5. The number of rotatable bonds is 4. The smallest absolute Gasteiger partial charge is 0.231 e. The van der Waals surface area contributed by atoms with E-state index in [0.29, 0.717) is 17.3 Å². The van der Waals surface area contributed by atoms with E-state index >= 15 is 0 Å². The Bertz CT molecular complexity index is 1050. The van der Waals surface area contributed by atoms with Crippen LogP contribution < -0.4 is 18.9 Å². The first-order valence-corrected chi connectivity index (χ1v) is 9.33. The number of fused-ring (bicyclic) bond motifs is 2. The molecule has 1 atom stereocenters. The second-order valence-corrected chi connectivity index (χ2v) is 7.00. The van der Waals surface area contributed by atoms with Gasteiger partial charge in [-0.2, -0.15) is 4.68 Å². The van der Waals surface area contributed by atoms with Crippen LogP contribution >= 0.6 is 0 Å². The van der Waals surface area contributed by atoms with Crippen LogP contribution in [0.15, 0.2) is 30.3 Å². The molecule has 0 aliphatic carbocycles. The lowest BCUT2D eigenvalue weighted by Crippen LogP contribution is -2.35. The first kappa shape index (κ1) is 17.7. The molecule has 2 aliphatic rings. The van der Waals surface area contributed by atoms with Gasteiger partial charge in [-0.1, -0.05) is 0 Å². The van der Waals surface area contributed by atoms with Crippen molar-refractivity contribution < 1.29 is 18.9 Å². The minimum Gasteiger partial charge on any atom is -0.497 e. The van der Waals surface area contributed by atoms with E-state index in [1.54, 1.807) is 18.9 Å². The van der Waals surface area contributed by atoms with E-state index in [4.69, 9.17) is 18.9 Å². The van der Waals surface area contributed by atoms with Crippen LogP contribution in [0.5, 0.6) is 23.0 Å². The van der Waals surface area contributed by atoms with Gasteiger partial charge in [-0.3, -0.25) is 4.90 Å². The minimum absolute atomic E-state index is 0.193. The van der Waals surface area contributed by atoms with Crippen LogP contribution in [0.3, 0.4) is 0 Å². The third kappa shape index (κ3) is 2.77. The first-order chi connectivity index (χ1) is 14.2. The van der Waals surface area contributed by atoms with E-state index in [0.717, 1.165) is 41.3 Å². The molecule has 0 spiro atoms. The van der Waals surface area contributed by atoms with Crippen LogP contribution in [0.2, 0.25) is 0 Å². The minimum atomic E-state index is -0.194. The number of nitrogens with zero attached hydrogens (tertiary/aromatic N) is 5. The maximum absolute atomic E-state index is 5.78. The zero-order chi connectivity index (χ0) is 20.0. The van der Waals surface area contributed by atoms with Crippen molar-refractivity contribution in [3.63, 3.8) is 0 Å². The third-order valence-corrected chi connectivity index (χ3v) is 5.45. The molecule has 3 aromatic rings. The van der Waals surface area contributed by atoms with Gasteiger partial charge in [0.25, 0.3) is 0 Å². The molecule has 2 aliphatic heterocycles. The average Bonchev–Trinajstić information content (AvgIpc) is 3.42. The van der Waals surface area contributed by atoms with Crippen molar-refractivity contribution in [2.45, 2.75) is 12.5 Å². The fourth-order valence-corrected chi connectivity index (χ4v) is 4.03. The number of benzene rings is 2. The molecule has 0 fully saturated rings. The Morgan fingerprint density at radius 3 is 2.69 bits per heavy atom. The molecule has 150 valence electrons. The molecule has 29 heavy (non-hydrogen) atoms. The van der Waals surface area contributed by atoms with E-state index < -0.39 is 0 Å². The number of methoxy groups -OCH3 is 2. The highest BCUT2D eigenvalue weighted by Crippen LogP contribution is 2.50. The van der Waals surface area contributed by atoms with Crippen LogP contribution in [-0.4, -0.2) is 59.7 Å². The van der Waals surface area contributed by atoms with Gasteiger partial charge in [-0.15, -0.1) is 5.10 Å². The van der Waals surface area contributed by atoms with Crippen LogP contribution in [0, 0.1) is 0 Å². The summed E-state index contributed by atoms with van der Waals surface area (Å²) in [7, 11) is 5.35. The van der Waals surface area contributed by atoms with E-state index in [1.165, 1.54) is 0 Å². The fraction of sp³-hybridized carbons (Fsp3) is 0.350. The van der Waals surface area contributed by atoms with Crippen LogP contribution in [0.1, 0.15) is 23.0 Å². The summed E-state index contributed by atoms with van der Waals surface area (Å²) in [5.41, 5.74) is 3.01. The molecule has 0 radical (unpaired) electrons. The Labute approximate surface area is 167 Å². The lowest BCUT2D eigenvalue weighted by Gasteiger charge is -2.34. The molecule has 9 heteroatoms. The van der Waals surface area contributed by atoms with Crippen molar-refractivity contribution in [3.05, 3.63) is 47.3 Å². The van der Waals surface area contributed by atoms with Gasteiger partial charge in [0.05, 0.1) is 19.9 Å². The molecule has 1 aromatic heterocycles. The molecule has 0 amide bonds. The van der Waals surface area contributed by atoms with Gasteiger partial charge in [-0.25, -0.2) is 0 Å². The second-order valence-electron chi connectivity index (χ2n) is 7.00. The fourth-order valence-electron chi connectivity index (χ4n) is 4.03. The molecule has 9 nitrogen and oxygen atoms in total. The largest absolute Gasteiger partial charge is 0.497 e. The Balaban J connectivity index is 1.66. The third-order valence-electron chi connectivity index (χ3n) is 5.45. The molecule has 0 N–H and O–H groups in total. The summed E-state index contributed by atoms with van der Waals surface area (Å²) in [6, 6.07) is 9.48. The normalized spacial score (nSPS) is 17.8. The van der Waals surface area contributed by atoms with Gasteiger partial charge in [0.2, 0.25) is 12.5 Å². The SMILES string of the molecule is COc1ccc(-n2nnnc2[C@@H]2c3c(cc4c(c3OC)OCO4)CCN2C)cc1. The topological polar surface area (TPSA) is 83.8 Å². The van der Waals surface area contributed by atoms with Crippen LogP contribution in [0.4, 0.5) is 0 Å². The summed E-state index contributed by atoms with van der Waals surface area (Å²) in [6.07, 6.45) is 0.874. The van der Waals surface area contributed by atoms with Crippen molar-refractivity contribution in [1.82, 2.24) is 25.1 Å². The number of aromatic nitrogens is 4. The molecule has 3 heterocycles. The van der Waals surface area contributed by atoms with Gasteiger partial charge >= 0.3 is 0 Å². The highest BCUT2D eigenvalue weighted by atomic mass is 16.7. The van der Waals surface area contributed by atoms with Crippen molar-refractivity contribution in [3.8, 4) is 28.7 Å². The summed E-state index contributed by atoms with van der Waals surface area (Å²) < 4.78 is 24.1. The quantitative estimate of drug-likeness (QED) is 0.663. The molecule has 0 saturated heterocycles. The van der Waals surface area contributed by atoms with Crippen molar-refractivity contribution in [1.29, 1.82) is 0 Å². The molecule has 0 saturated carbocycles. The highest BCUT2D eigenvalue weighted by molar-refractivity contribution is 5.62. The molecule has 0 bridgehead atoms. The van der Waals surface area contributed by atoms with Gasteiger partial charge in [0.15, 0.2) is 17.3 Å². The Morgan fingerprint density at radius 2 is 1.93 bits per heavy atom. The number of tetrazole rings is 1. The predicted octanol–water partition coefficient (Wildman–Crippen LogP) is 1.99. The van der Waals surface area contributed by atoms with E-state index in [2.05, 4.69) is 27.5 Å². The maximum atomic E-state index is 5.78. The van der Waals surface area contributed by atoms with Crippen molar-refractivity contribution in [2.24, 2.45) is 0 Å². The van der Waals surface area contributed by atoms with E-state index in [-0.39, 0.29) is 12.8 Å². The molecule has 2 aromatic carbocycles. The summed E-state index contributed by atoms with van der Waals surface area (Å²) in [5, 5.41) is 12.6.